The van der Waals surface area contributed by atoms with Crippen molar-refractivity contribution < 1.29 is 4.74 Å². The normalized spacial score (nSPS) is 11.2. The number of benzene rings is 1. The molecule has 2 heterocycles. The Morgan fingerprint density at radius 1 is 1.35 bits per heavy atom. The van der Waals surface area contributed by atoms with Crippen molar-refractivity contribution in [1.82, 2.24) is 14.4 Å². The Kier molecular flexibility index (Phi) is 2.45. The fourth-order valence-electron chi connectivity index (χ4n) is 1.77. The lowest BCUT2D eigenvalue weighted by Gasteiger charge is -2.07. The van der Waals surface area contributed by atoms with Crippen molar-refractivity contribution in [2.45, 2.75) is 0 Å². The molecule has 0 aliphatic carbocycles. The van der Waals surface area contributed by atoms with Crippen molar-refractivity contribution >= 4 is 44.1 Å². The summed E-state index contributed by atoms with van der Waals surface area (Å²) < 4.78 is 8.00. The quantitative estimate of drug-likeness (QED) is 0.692. The summed E-state index contributed by atoms with van der Waals surface area (Å²) in [6, 6.07) is 3.77. The van der Waals surface area contributed by atoms with Gasteiger partial charge in [0.15, 0.2) is 5.15 Å². The van der Waals surface area contributed by atoms with Crippen LogP contribution < -0.4 is 4.74 Å². The van der Waals surface area contributed by atoms with Gasteiger partial charge >= 0.3 is 0 Å². The highest BCUT2D eigenvalue weighted by atomic mass is 79.9. The van der Waals surface area contributed by atoms with E-state index in [1.807, 2.05) is 16.5 Å². The molecule has 0 saturated heterocycles. The molecule has 2 aromatic heterocycles. The van der Waals surface area contributed by atoms with Crippen LogP contribution in [0, 0.1) is 0 Å². The Hall–Kier alpha value is -1.33. The summed E-state index contributed by atoms with van der Waals surface area (Å²) in [4.78, 5) is 8.41. The summed E-state index contributed by atoms with van der Waals surface area (Å²) in [6.07, 6.45) is 3.40. The molecule has 17 heavy (non-hydrogen) atoms. The van der Waals surface area contributed by atoms with Crippen LogP contribution in [0.3, 0.4) is 0 Å². The molecule has 0 amide bonds. The number of fused-ring (bicyclic) bond motifs is 3. The van der Waals surface area contributed by atoms with Crippen LogP contribution in [0.5, 0.6) is 5.75 Å². The molecule has 3 rings (SSSR count). The predicted octanol–water partition coefficient (Wildman–Crippen LogP) is 3.31. The van der Waals surface area contributed by atoms with E-state index in [9.17, 15) is 0 Å². The maximum absolute atomic E-state index is 6.09. The lowest BCUT2D eigenvalue weighted by Crippen LogP contribution is -1.93. The molecule has 0 atom stereocenters. The first kappa shape index (κ1) is 10.8. The minimum atomic E-state index is 0.430. The number of hydrogen-bond donors (Lipinski definition) is 0. The summed E-state index contributed by atoms with van der Waals surface area (Å²) in [5.41, 5.74) is 2.48. The third kappa shape index (κ3) is 1.57. The number of ether oxygens (including phenoxy) is 1. The van der Waals surface area contributed by atoms with E-state index in [4.69, 9.17) is 16.3 Å². The van der Waals surface area contributed by atoms with E-state index in [0.717, 1.165) is 26.8 Å². The summed E-state index contributed by atoms with van der Waals surface area (Å²) in [6.45, 7) is 0. The number of aromatic nitrogens is 3. The van der Waals surface area contributed by atoms with Crippen LogP contribution in [0.4, 0.5) is 0 Å². The van der Waals surface area contributed by atoms with Crippen LogP contribution in [0.2, 0.25) is 5.15 Å². The summed E-state index contributed by atoms with van der Waals surface area (Å²) in [7, 11) is 1.61. The minimum absolute atomic E-state index is 0.430. The van der Waals surface area contributed by atoms with E-state index in [0.29, 0.717) is 5.15 Å². The highest BCUT2D eigenvalue weighted by Gasteiger charge is 2.10. The van der Waals surface area contributed by atoms with Gasteiger partial charge in [-0.1, -0.05) is 11.6 Å². The standard InChI is InChI=1S/C11H7BrClN3O/c1-17-10-3-7-8(2-6(10)12)16-5-14-4-9(16)11(13)15-7/h2-5H,1H3. The van der Waals surface area contributed by atoms with Crippen molar-refractivity contribution in [2.24, 2.45) is 0 Å². The van der Waals surface area contributed by atoms with Gasteiger partial charge in [0.1, 0.15) is 11.3 Å². The third-order valence-corrected chi connectivity index (χ3v) is 3.47. The van der Waals surface area contributed by atoms with Crippen molar-refractivity contribution in [3.63, 3.8) is 0 Å². The molecule has 0 radical (unpaired) electrons. The average molecular weight is 313 g/mol. The zero-order valence-corrected chi connectivity index (χ0v) is 11.2. The summed E-state index contributed by atoms with van der Waals surface area (Å²) in [5.74, 6) is 0.723. The molecule has 86 valence electrons. The molecule has 6 heteroatoms. The number of nitrogens with zero attached hydrogens (tertiary/aromatic N) is 3. The first-order valence-corrected chi connectivity index (χ1v) is 6.02. The first-order valence-electron chi connectivity index (χ1n) is 4.85. The number of imidazole rings is 1. The summed E-state index contributed by atoms with van der Waals surface area (Å²) >= 11 is 9.54. The van der Waals surface area contributed by atoms with Gasteiger partial charge in [0.25, 0.3) is 0 Å². The molecule has 1 aromatic carbocycles. The van der Waals surface area contributed by atoms with E-state index < -0.39 is 0 Å². The lowest BCUT2D eigenvalue weighted by molar-refractivity contribution is 0.412. The molecule has 0 bridgehead atoms. The van der Waals surface area contributed by atoms with Gasteiger partial charge in [0.2, 0.25) is 0 Å². The fraction of sp³-hybridized carbons (Fsp3) is 0.0909. The topological polar surface area (TPSA) is 39.4 Å². The monoisotopic (exact) mass is 311 g/mol. The van der Waals surface area contributed by atoms with Gasteiger partial charge in [0.05, 0.1) is 35.1 Å². The molecule has 4 nitrogen and oxygen atoms in total. The molecular formula is C11H7BrClN3O. The van der Waals surface area contributed by atoms with Crippen molar-refractivity contribution in [1.29, 1.82) is 0 Å². The SMILES string of the molecule is COc1cc2nc(Cl)c3cncn3c2cc1Br. The van der Waals surface area contributed by atoms with Crippen LogP contribution in [-0.4, -0.2) is 21.5 Å². The van der Waals surface area contributed by atoms with Gasteiger partial charge in [0, 0.05) is 6.07 Å². The lowest BCUT2D eigenvalue weighted by atomic mass is 10.3. The zero-order valence-electron chi connectivity index (χ0n) is 8.82. The van der Waals surface area contributed by atoms with Gasteiger partial charge in [-0.2, -0.15) is 0 Å². The highest BCUT2D eigenvalue weighted by molar-refractivity contribution is 9.10. The Balaban J connectivity index is 2.50. The second kappa shape index (κ2) is 3.85. The van der Waals surface area contributed by atoms with E-state index in [-0.39, 0.29) is 0 Å². The second-order valence-electron chi connectivity index (χ2n) is 3.53. The molecule has 0 aliphatic heterocycles. The molecule has 0 fully saturated rings. The van der Waals surface area contributed by atoms with Crippen LogP contribution in [0.25, 0.3) is 16.6 Å². The van der Waals surface area contributed by atoms with Gasteiger partial charge in [-0.3, -0.25) is 4.40 Å². The number of rotatable bonds is 1. The molecular weight excluding hydrogens is 305 g/mol. The van der Waals surface area contributed by atoms with Crippen LogP contribution >= 0.6 is 27.5 Å². The maximum Gasteiger partial charge on any atom is 0.155 e. The molecule has 0 saturated carbocycles. The molecule has 0 N–H and O–H groups in total. The minimum Gasteiger partial charge on any atom is -0.495 e. The van der Waals surface area contributed by atoms with Crippen LogP contribution in [0.1, 0.15) is 0 Å². The maximum atomic E-state index is 6.09. The Labute approximate surface area is 110 Å². The predicted molar refractivity (Wildman–Crippen MR) is 69.8 cm³/mol. The number of hydrogen-bond acceptors (Lipinski definition) is 3. The van der Waals surface area contributed by atoms with Gasteiger partial charge in [-0.25, -0.2) is 9.97 Å². The fourth-order valence-corrected chi connectivity index (χ4v) is 2.50. The van der Waals surface area contributed by atoms with Crippen LogP contribution in [-0.2, 0) is 0 Å². The van der Waals surface area contributed by atoms with E-state index in [1.54, 1.807) is 19.6 Å². The molecule has 3 aromatic rings. The Morgan fingerprint density at radius 2 is 2.18 bits per heavy atom. The average Bonchev–Trinajstić information content (AvgIpc) is 2.79. The third-order valence-electron chi connectivity index (χ3n) is 2.58. The Bertz CT molecular complexity index is 725. The van der Waals surface area contributed by atoms with Crippen molar-refractivity contribution in [3.05, 3.63) is 34.3 Å². The van der Waals surface area contributed by atoms with Gasteiger partial charge in [-0.15, -0.1) is 0 Å². The number of methoxy groups -OCH3 is 1. The van der Waals surface area contributed by atoms with Gasteiger partial charge in [-0.05, 0) is 22.0 Å². The molecule has 0 unspecified atom stereocenters. The van der Waals surface area contributed by atoms with E-state index in [1.165, 1.54) is 0 Å². The largest absolute Gasteiger partial charge is 0.495 e. The smallest absolute Gasteiger partial charge is 0.155 e. The number of halogens is 2. The molecule has 0 spiro atoms. The van der Waals surface area contributed by atoms with E-state index in [2.05, 4.69) is 25.9 Å². The summed E-state index contributed by atoms with van der Waals surface area (Å²) in [5, 5.41) is 0.430. The van der Waals surface area contributed by atoms with Crippen molar-refractivity contribution in [2.75, 3.05) is 7.11 Å². The molecule has 0 aliphatic rings. The van der Waals surface area contributed by atoms with Crippen LogP contribution in [0.15, 0.2) is 29.1 Å². The first-order chi connectivity index (χ1) is 8.20. The van der Waals surface area contributed by atoms with Crippen molar-refractivity contribution in [3.8, 4) is 5.75 Å². The Morgan fingerprint density at radius 3 is 2.94 bits per heavy atom. The van der Waals surface area contributed by atoms with Gasteiger partial charge < -0.3 is 4.74 Å². The van der Waals surface area contributed by atoms with E-state index >= 15 is 0 Å². The highest BCUT2D eigenvalue weighted by Crippen LogP contribution is 2.31. The zero-order chi connectivity index (χ0) is 12.0. The second-order valence-corrected chi connectivity index (χ2v) is 4.74.